The zero-order chi connectivity index (χ0) is 20.1. The Morgan fingerprint density at radius 2 is 1.41 bits per heavy atom. The highest BCUT2D eigenvalue weighted by Crippen LogP contribution is 2.42. The highest BCUT2D eigenvalue weighted by molar-refractivity contribution is 7.25. The third kappa shape index (κ3) is 2.90. The van der Waals surface area contributed by atoms with Crippen molar-refractivity contribution in [2.75, 3.05) is 0 Å². The van der Waals surface area contributed by atoms with Gasteiger partial charge in [-0.05, 0) is 52.1 Å². The van der Waals surface area contributed by atoms with Crippen LogP contribution in [0.4, 0.5) is 0 Å². The van der Waals surface area contributed by atoms with Crippen molar-refractivity contribution in [2.45, 2.75) is 6.92 Å². The highest BCUT2D eigenvalue weighted by Gasteiger charge is 2.17. The topological polar surface area (TPSA) is 0 Å². The van der Waals surface area contributed by atoms with Crippen molar-refractivity contribution >= 4 is 75.5 Å². The van der Waals surface area contributed by atoms with Crippen LogP contribution in [0, 0.1) is 6.92 Å². The molecule has 0 aliphatic heterocycles. The predicted octanol–water partition coefficient (Wildman–Crippen LogP) is 4.92. The van der Waals surface area contributed by atoms with Crippen molar-refractivity contribution in [3.63, 3.8) is 0 Å². The van der Waals surface area contributed by atoms with E-state index in [0.29, 0.717) is 0 Å². The smallest absolute Gasteiger partial charge is 0.136 e. The maximum Gasteiger partial charge on any atom is 0.142 e. The first-order chi connectivity index (χ1) is 14.1. The average Bonchev–Trinajstić information content (AvgIpc) is 3.23. The molecule has 0 bridgehead atoms. The first-order valence-electron chi connectivity index (χ1n) is 9.82. The van der Waals surface area contributed by atoms with Gasteiger partial charge in [0.05, 0.1) is 0 Å². The first-order valence-corrected chi connectivity index (χ1v) is 11.5. The lowest BCUT2D eigenvalue weighted by atomic mass is 9.84. The number of hydrogen-bond donors (Lipinski definition) is 0. The fourth-order valence-corrected chi connectivity index (χ4v) is 6.75. The molecule has 0 saturated heterocycles. The number of hydrogen-bond acceptors (Lipinski definition) is 2. The normalized spacial score (nSPS) is 11.3. The van der Waals surface area contributed by atoms with Crippen LogP contribution in [-0.4, -0.2) is 15.7 Å². The Hall–Kier alpha value is -2.55. The Morgan fingerprint density at radius 1 is 0.793 bits per heavy atom. The molecule has 0 aliphatic carbocycles. The predicted molar refractivity (Wildman–Crippen MR) is 139 cm³/mol. The largest absolute Gasteiger partial charge is 0.142 e. The van der Waals surface area contributed by atoms with Crippen LogP contribution in [-0.2, 0) is 0 Å². The molecule has 0 spiro atoms. The van der Waals surface area contributed by atoms with Gasteiger partial charge in [0.2, 0.25) is 0 Å². The summed E-state index contributed by atoms with van der Waals surface area (Å²) in [6.07, 6.45) is 1.95. The molecular formula is C25H20B2S2. The van der Waals surface area contributed by atoms with Crippen molar-refractivity contribution < 1.29 is 0 Å². The van der Waals surface area contributed by atoms with E-state index in [1.165, 1.54) is 63.1 Å². The second-order valence-electron chi connectivity index (χ2n) is 7.56. The van der Waals surface area contributed by atoms with Crippen LogP contribution in [0.2, 0.25) is 0 Å². The van der Waals surface area contributed by atoms with Gasteiger partial charge in [0.1, 0.15) is 15.7 Å². The molecular weight excluding hydrogens is 386 g/mol. The van der Waals surface area contributed by atoms with Crippen molar-refractivity contribution in [1.29, 1.82) is 0 Å². The lowest BCUT2D eigenvalue weighted by Crippen LogP contribution is -2.10. The summed E-state index contributed by atoms with van der Waals surface area (Å²) in [6.45, 7) is 6.25. The number of aryl methyl sites for hydroxylation is 1. The minimum Gasteiger partial charge on any atom is -0.136 e. The molecule has 0 atom stereocenters. The summed E-state index contributed by atoms with van der Waals surface area (Å²) >= 11 is 3.81. The molecule has 5 rings (SSSR count). The maximum atomic E-state index is 4.00. The average molecular weight is 406 g/mol. The van der Waals surface area contributed by atoms with Crippen LogP contribution in [0.1, 0.15) is 11.1 Å². The number of benzene rings is 3. The maximum absolute atomic E-state index is 4.00. The van der Waals surface area contributed by atoms with E-state index in [9.17, 15) is 0 Å². The van der Waals surface area contributed by atoms with E-state index in [1.807, 2.05) is 28.7 Å². The molecule has 0 saturated carbocycles. The van der Waals surface area contributed by atoms with Gasteiger partial charge < -0.3 is 0 Å². The first kappa shape index (κ1) is 18.5. The van der Waals surface area contributed by atoms with E-state index >= 15 is 0 Å². The summed E-state index contributed by atoms with van der Waals surface area (Å²) in [4.78, 5) is 2.75. The van der Waals surface area contributed by atoms with Gasteiger partial charge in [-0.1, -0.05) is 72.1 Å². The summed E-state index contributed by atoms with van der Waals surface area (Å²) in [5.74, 6) is 0. The molecule has 3 aromatic carbocycles. The second-order valence-corrected chi connectivity index (χ2v) is 9.67. The van der Waals surface area contributed by atoms with Gasteiger partial charge in [-0.2, -0.15) is 0 Å². The molecule has 0 fully saturated rings. The van der Waals surface area contributed by atoms with E-state index in [1.54, 1.807) is 0 Å². The van der Waals surface area contributed by atoms with Crippen LogP contribution in [0.15, 0.2) is 67.2 Å². The summed E-state index contributed by atoms with van der Waals surface area (Å²) in [5, 5.41) is 2.75. The summed E-state index contributed by atoms with van der Waals surface area (Å²) in [5.41, 5.74) is 7.92. The molecule has 138 valence electrons. The number of rotatable bonds is 3. The quantitative estimate of drug-likeness (QED) is 0.374. The molecule has 0 radical (unpaired) electrons. The molecule has 2 aromatic heterocycles. The molecule has 0 N–H and O–H groups in total. The zero-order valence-electron chi connectivity index (χ0n) is 16.9. The van der Waals surface area contributed by atoms with E-state index in [0.717, 1.165) is 0 Å². The van der Waals surface area contributed by atoms with E-state index in [4.69, 9.17) is 0 Å². The van der Waals surface area contributed by atoms with Crippen molar-refractivity contribution in [3.8, 4) is 20.9 Å². The second kappa shape index (κ2) is 7.05. The van der Waals surface area contributed by atoms with E-state index in [-0.39, 0.29) is 0 Å². The zero-order valence-corrected chi connectivity index (χ0v) is 18.5. The fourth-order valence-electron chi connectivity index (χ4n) is 4.16. The minimum atomic E-state index is 1.20. The van der Waals surface area contributed by atoms with E-state index < -0.39 is 0 Å². The number of thiophene rings is 2. The Balaban J connectivity index is 1.74. The Kier molecular flexibility index (Phi) is 4.49. The molecule has 4 heteroatoms. The third-order valence-corrected chi connectivity index (χ3v) is 8.39. The van der Waals surface area contributed by atoms with Crippen LogP contribution in [0.5, 0.6) is 0 Å². The summed E-state index contributed by atoms with van der Waals surface area (Å²) in [7, 11) is 4.46. The Morgan fingerprint density at radius 3 is 2.17 bits per heavy atom. The van der Waals surface area contributed by atoms with Crippen molar-refractivity contribution in [1.82, 2.24) is 0 Å². The number of fused-ring (bicyclic) bond motifs is 2. The van der Waals surface area contributed by atoms with Gasteiger partial charge in [-0.25, -0.2) is 0 Å². The summed E-state index contributed by atoms with van der Waals surface area (Å²) < 4.78 is 2.74. The van der Waals surface area contributed by atoms with Gasteiger partial charge in [-0.15, -0.1) is 22.7 Å². The lowest BCUT2D eigenvalue weighted by Gasteiger charge is -2.04. The lowest BCUT2D eigenvalue weighted by molar-refractivity contribution is 1.56. The standard InChI is InChI=1S/C25H20B2S2/c1-3-15-8-4-5-9-16(15)24-14(2)18-12-22-19(13-21(18)28-24)23(27)25(29-22)17-10-6-7-11-20(17)26/h3-13H,1,26-27H2,2H3. The minimum absolute atomic E-state index is 1.20. The van der Waals surface area contributed by atoms with Crippen molar-refractivity contribution in [2.24, 2.45) is 0 Å². The molecule has 0 unspecified atom stereocenters. The molecule has 0 nitrogen and oxygen atoms in total. The SMILES string of the molecule is Bc1ccccc1-c1sc2cc3c(C)c(-c4ccccc4C=C)sc3cc2c1B. The monoisotopic (exact) mass is 406 g/mol. The van der Waals surface area contributed by atoms with Gasteiger partial charge in [0, 0.05) is 19.2 Å². The van der Waals surface area contributed by atoms with Gasteiger partial charge in [0.15, 0.2) is 0 Å². The highest BCUT2D eigenvalue weighted by atomic mass is 32.1. The van der Waals surface area contributed by atoms with Crippen LogP contribution in [0.25, 0.3) is 47.1 Å². The fraction of sp³-hybridized carbons (Fsp3) is 0.0400. The summed E-state index contributed by atoms with van der Waals surface area (Å²) in [6, 6.07) is 22.0. The molecule has 0 aliphatic rings. The molecule has 0 amide bonds. The van der Waals surface area contributed by atoms with Crippen LogP contribution in [0.3, 0.4) is 0 Å². The molecule has 5 aromatic rings. The van der Waals surface area contributed by atoms with Crippen LogP contribution >= 0.6 is 22.7 Å². The van der Waals surface area contributed by atoms with E-state index in [2.05, 4.69) is 89.9 Å². The Labute approximate surface area is 181 Å². The third-order valence-electron chi connectivity index (χ3n) is 5.81. The Bertz CT molecular complexity index is 1410. The van der Waals surface area contributed by atoms with Gasteiger partial charge >= 0.3 is 0 Å². The van der Waals surface area contributed by atoms with Gasteiger partial charge in [0.25, 0.3) is 0 Å². The van der Waals surface area contributed by atoms with Gasteiger partial charge in [-0.3, -0.25) is 0 Å². The molecule has 29 heavy (non-hydrogen) atoms. The molecule has 2 heterocycles. The van der Waals surface area contributed by atoms with Crippen LogP contribution < -0.4 is 10.9 Å². The van der Waals surface area contributed by atoms with Crippen molar-refractivity contribution in [3.05, 3.63) is 78.4 Å².